The molecule has 1 aromatic rings. The number of rotatable bonds is 1. The maximum atomic E-state index is 8.83. The second kappa shape index (κ2) is 8.24. The monoisotopic (exact) mass is 207 g/mol. The third-order valence-corrected chi connectivity index (χ3v) is 1.51. The Bertz CT molecular complexity index is 221. The fraction of sp³-hybridized carbons (Fsp3) is 0.500. The van der Waals surface area contributed by atoms with Gasteiger partial charge in [-0.2, -0.15) is 0 Å². The molecule has 4 heteroatoms. The van der Waals surface area contributed by atoms with Crippen LogP contribution in [0.1, 0.15) is 27.2 Å². The van der Waals surface area contributed by atoms with E-state index >= 15 is 0 Å². The fourth-order valence-electron chi connectivity index (χ4n) is 0.354. The van der Waals surface area contributed by atoms with Crippen molar-refractivity contribution >= 4 is 29.6 Å². The fourth-order valence-corrected chi connectivity index (χ4v) is 0.354. The summed E-state index contributed by atoms with van der Waals surface area (Å²) in [6.07, 6.45) is 2.36. The molecule has 1 aromatic heterocycles. The van der Waals surface area contributed by atoms with Gasteiger partial charge >= 0.3 is 29.6 Å². The predicted octanol–water partition coefficient (Wildman–Crippen LogP) is 1.31. The van der Waals surface area contributed by atoms with E-state index in [0.717, 1.165) is 6.42 Å². The third kappa shape index (κ3) is 11.9. The molecule has 0 atom stereocenters. The van der Waals surface area contributed by atoms with Crippen molar-refractivity contribution in [3.05, 3.63) is 24.4 Å². The molecule has 0 saturated carbocycles. The van der Waals surface area contributed by atoms with Crippen LogP contribution in [0.4, 0.5) is 0 Å². The van der Waals surface area contributed by atoms with Gasteiger partial charge in [0, 0.05) is 12.3 Å². The molecule has 14 heavy (non-hydrogen) atoms. The molecule has 0 amide bonds. The van der Waals surface area contributed by atoms with E-state index < -0.39 is 5.60 Å². The first-order chi connectivity index (χ1) is 5.95. The Kier molecular flexibility index (Phi) is 9.62. The molecule has 0 aliphatic heterocycles. The Hall–Kier alpha value is -0.0900. The van der Waals surface area contributed by atoms with Crippen molar-refractivity contribution in [2.24, 2.45) is 0 Å². The molecule has 0 aromatic carbocycles. The van der Waals surface area contributed by atoms with Crippen LogP contribution in [0.3, 0.4) is 0 Å². The van der Waals surface area contributed by atoms with Crippen molar-refractivity contribution in [3.8, 4) is 5.88 Å². The van der Waals surface area contributed by atoms with Crippen LogP contribution in [0.25, 0.3) is 0 Å². The third-order valence-electron chi connectivity index (χ3n) is 1.51. The summed E-state index contributed by atoms with van der Waals surface area (Å²) in [4.78, 5) is 3.53. The topological polar surface area (TPSA) is 53.4 Å². The molecule has 0 spiro atoms. The van der Waals surface area contributed by atoms with Gasteiger partial charge in [0.15, 0.2) is 0 Å². The van der Waals surface area contributed by atoms with Gasteiger partial charge in [0.2, 0.25) is 5.88 Å². The number of aliphatic hydroxyl groups is 1. The number of hydrogen-bond donors (Lipinski definition) is 2. The van der Waals surface area contributed by atoms with E-state index in [1.807, 2.05) is 6.92 Å². The number of pyridine rings is 1. The molecule has 2 N–H and O–H groups in total. The van der Waals surface area contributed by atoms with Crippen LogP contribution in [0, 0.1) is 0 Å². The van der Waals surface area contributed by atoms with E-state index in [-0.39, 0.29) is 35.4 Å². The minimum absolute atomic E-state index is 0. The summed E-state index contributed by atoms with van der Waals surface area (Å²) in [7, 11) is 0. The summed E-state index contributed by atoms with van der Waals surface area (Å²) in [6.45, 7) is 5.56. The first-order valence-corrected chi connectivity index (χ1v) is 4.28. The average Bonchev–Trinajstić information content (AvgIpc) is 2.06. The molecular weight excluding hydrogens is 189 g/mol. The number of hydrogen-bond acceptors (Lipinski definition) is 3. The van der Waals surface area contributed by atoms with E-state index in [0.29, 0.717) is 0 Å². The standard InChI is InChI=1S/C5H5NO.C5H12O.Na.H/c7-5-3-1-2-4-6-5;1-4-5(2,3)6;;/h1-4H,(H,6,7);6H,4H2,1-3H3;;. The van der Waals surface area contributed by atoms with Gasteiger partial charge in [-0.3, -0.25) is 0 Å². The Morgan fingerprint density at radius 3 is 2.00 bits per heavy atom. The van der Waals surface area contributed by atoms with Crippen molar-refractivity contribution < 1.29 is 10.2 Å². The summed E-state index contributed by atoms with van der Waals surface area (Å²) >= 11 is 0. The van der Waals surface area contributed by atoms with Gasteiger partial charge in [0.05, 0.1) is 5.60 Å². The van der Waals surface area contributed by atoms with Crippen molar-refractivity contribution in [2.45, 2.75) is 32.8 Å². The summed E-state index contributed by atoms with van der Waals surface area (Å²) in [6, 6.07) is 5.00. The Labute approximate surface area is 107 Å². The van der Waals surface area contributed by atoms with Crippen LogP contribution in [0.5, 0.6) is 5.88 Å². The summed E-state index contributed by atoms with van der Waals surface area (Å²) < 4.78 is 0. The molecule has 76 valence electrons. The zero-order valence-electron chi connectivity index (χ0n) is 8.36. The van der Waals surface area contributed by atoms with E-state index in [1.165, 1.54) is 12.3 Å². The zero-order valence-corrected chi connectivity index (χ0v) is 8.36. The molecule has 0 fully saturated rings. The second-order valence-corrected chi connectivity index (χ2v) is 3.35. The van der Waals surface area contributed by atoms with E-state index in [4.69, 9.17) is 10.2 Å². The summed E-state index contributed by atoms with van der Waals surface area (Å²) in [5.41, 5.74) is -0.458. The molecule has 1 heterocycles. The Morgan fingerprint density at radius 1 is 1.36 bits per heavy atom. The minimum atomic E-state index is -0.458. The van der Waals surface area contributed by atoms with Crippen molar-refractivity contribution in [1.82, 2.24) is 4.98 Å². The van der Waals surface area contributed by atoms with Crippen LogP contribution in [0.15, 0.2) is 24.4 Å². The first-order valence-electron chi connectivity index (χ1n) is 4.28. The van der Waals surface area contributed by atoms with Crippen LogP contribution in [-0.4, -0.2) is 50.4 Å². The van der Waals surface area contributed by atoms with E-state index in [1.54, 1.807) is 26.0 Å². The van der Waals surface area contributed by atoms with E-state index in [9.17, 15) is 0 Å². The van der Waals surface area contributed by atoms with Crippen LogP contribution in [-0.2, 0) is 0 Å². The molecular formula is C10H18NNaO2. The number of aromatic hydroxyl groups is 1. The average molecular weight is 207 g/mol. The molecule has 0 aliphatic rings. The van der Waals surface area contributed by atoms with Gasteiger partial charge < -0.3 is 10.2 Å². The molecule has 0 radical (unpaired) electrons. The van der Waals surface area contributed by atoms with Crippen molar-refractivity contribution in [2.75, 3.05) is 0 Å². The molecule has 0 unspecified atom stereocenters. The van der Waals surface area contributed by atoms with Crippen LogP contribution >= 0.6 is 0 Å². The van der Waals surface area contributed by atoms with Crippen molar-refractivity contribution in [3.63, 3.8) is 0 Å². The van der Waals surface area contributed by atoms with Crippen LogP contribution < -0.4 is 0 Å². The SMILES string of the molecule is CCC(C)(C)O.Oc1ccccn1.[NaH]. The summed E-state index contributed by atoms with van der Waals surface area (Å²) in [5, 5.41) is 17.3. The first kappa shape index (κ1) is 16.3. The van der Waals surface area contributed by atoms with E-state index in [2.05, 4.69) is 4.98 Å². The predicted molar refractivity (Wildman–Crippen MR) is 59.6 cm³/mol. The van der Waals surface area contributed by atoms with Gasteiger partial charge in [0.25, 0.3) is 0 Å². The maximum absolute atomic E-state index is 8.83. The van der Waals surface area contributed by atoms with Gasteiger partial charge in [-0.05, 0) is 26.3 Å². The van der Waals surface area contributed by atoms with Gasteiger partial charge in [-0.1, -0.05) is 13.0 Å². The molecule has 1 rings (SSSR count). The second-order valence-electron chi connectivity index (χ2n) is 3.35. The normalized spacial score (nSPS) is 9.43. The zero-order chi connectivity index (χ0) is 10.3. The van der Waals surface area contributed by atoms with Gasteiger partial charge in [-0.25, -0.2) is 4.98 Å². The quantitative estimate of drug-likeness (QED) is 0.682. The van der Waals surface area contributed by atoms with Crippen LogP contribution in [0.2, 0.25) is 0 Å². The van der Waals surface area contributed by atoms with Gasteiger partial charge in [0.1, 0.15) is 0 Å². The number of aromatic nitrogens is 1. The van der Waals surface area contributed by atoms with Gasteiger partial charge in [-0.15, -0.1) is 0 Å². The summed E-state index contributed by atoms with van der Waals surface area (Å²) in [5.74, 6) is 0.0718. The number of nitrogens with zero attached hydrogens (tertiary/aromatic N) is 1. The Balaban J connectivity index is 0. The molecule has 3 nitrogen and oxygen atoms in total. The molecule has 0 saturated heterocycles. The Morgan fingerprint density at radius 2 is 1.86 bits per heavy atom. The molecule has 0 aliphatic carbocycles. The molecule has 0 bridgehead atoms. The van der Waals surface area contributed by atoms with Crippen molar-refractivity contribution in [1.29, 1.82) is 0 Å².